The number of ether oxygens (including phenoxy) is 1. The standard InChI is InChI=1S/C10H10ClNO3S/c1-16(13,14)8-4-2-3-7(11)9(8)10-12-5-6-15-10/h2-4H,5-6H2,1H3. The van der Waals surface area contributed by atoms with Crippen molar-refractivity contribution in [3.05, 3.63) is 28.8 Å². The number of hydrogen-bond donors (Lipinski definition) is 0. The SMILES string of the molecule is CS(=O)(=O)c1cccc(Cl)c1C1=NCCO1. The predicted molar refractivity (Wildman–Crippen MR) is 61.9 cm³/mol. The Hall–Kier alpha value is -1.07. The second kappa shape index (κ2) is 4.07. The molecule has 0 bridgehead atoms. The Balaban J connectivity index is 2.67. The Morgan fingerprint density at radius 1 is 1.44 bits per heavy atom. The van der Waals surface area contributed by atoms with E-state index >= 15 is 0 Å². The van der Waals surface area contributed by atoms with E-state index in [9.17, 15) is 8.42 Å². The molecule has 2 rings (SSSR count). The maximum Gasteiger partial charge on any atom is 0.219 e. The smallest absolute Gasteiger partial charge is 0.219 e. The van der Waals surface area contributed by atoms with Gasteiger partial charge < -0.3 is 4.74 Å². The Morgan fingerprint density at radius 2 is 2.19 bits per heavy atom. The van der Waals surface area contributed by atoms with Gasteiger partial charge in [-0.2, -0.15) is 0 Å². The lowest BCUT2D eigenvalue weighted by atomic mass is 10.2. The van der Waals surface area contributed by atoms with Crippen LogP contribution in [0, 0.1) is 0 Å². The van der Waals surface area contributed by atoms with Gasteiger partial charge in [0.05, 0.1) is 22.0 Å². The van der Waals surface area contributed by atoms with Gasteiger partial charge in [-0.05, 0) is 12.1 Å². The number of hydrogen-bond acceptors (Lipinski definition) is 4. The topological polar surface area (TPSA) is 55.7 Å². The van der Waals surface area contributed by atoms with E-state index in [-0.39, 0.29) is 4.90 Å². The molecule has 0 aromatic heterocycles. The molecule has 0 saturated heterocycles. The third kappa shape index (κ3) is 2.05. The third-order valence-electron chi connectivity index (χ3n) is 2.17. The van der Waals surface area contributed by atoms with Crippen molar-refractivity contribution in [2.24, 2.45) is 4.99 Å². The van der Waals surface area contributed by atoms with Crippen LogP contribution in [0.4, 0.5) is 0 Å². The van der Waals surface area contributed by atoms with Crippen molar-refractivity contribution in [3.8, 4) is 0 Å². The van der Waals surface area contributed by atoms with Crippen LogP contribution in [0.15, 0.2) is 28.1 Å². The van der Waals surface area contributed by atoms with Crippen LogP contribution < -0.4 is 0 Å². The average Bonchev–Trinajstić information content (AvgIpc) is 2.68. The molecule has 0 aliphatic carbocycles. The Labute approximate surface area is 98.8 Å². The molecule has 1 aromatic rings. The summed E-state index contributed by atoms with van der Waals surface area (Å²) < 4.78 is 28.4. The number of benzene rings is 1. The van der Waals surface area contributed by atoms with Crippen molar-refractivity contribution >= 4 is 27.3 Å². The molecule has 0 fully saturated rings. The number of aliphatic imine (C=N–C) groups is 1. The summed E-state index contributed by atoms with van der Waals surface area (Å²) in [6.07, 6.45) is 1.14. The van der Waals surface area contributed by atoms with Crippen LogP contribution in [0.1, 0.15) is 5.56 Å². The van der Waals surface area contributed by atoms with Crippen LogP contribution in [0.5, 0.6) is 0 Å². The van der Waals surface area contributed by atoms with Gasteiger partial charge in [0.1, 0.15) is 6.61 Å². The predicted octanol–water partition coefficient (Wildman–Crippen LogP) is 1.52. The number of nitrogens with zero attached hydrogens (tertiary/aromatic N) is 1. The van der Waals surface area contributed by atoms with Crippen molar-refractivity contribution in [1.82, 2.24) is 0 Å². The molecule has 16 heavy (non-hydrogen) atoms. The van der Waals surface area contributed by atoms with Crippen LogP contribution in [0.3, 0.4) is 0 Å². The summed E-state index contributed by atoms with van der Waals surface area (Å²) in [7, 11) is -3.34. The van der Waals surface area contributed by atoms with Gasteiger partial charge in [0.15, 0.2) is 9.84 Å². The molecule has 6 heteroatoms. The average molecular weight is 260 g/mol. The first-order valence-corrected chi connectivity index (χ1v) is 6.93. The highest BCUT2D eigenvalue weighted by Gasteiger charge is 2.23. The monoisotopic (exact) mass is 259 g/mol. The van der Waals surface area contributed by atoms with Crippen LogP contribution in [-0.4, -0.2) is 33.7 Å². The van der Waals surface area contributed by atoms with Gasteiger partial charge in [-0.25, -0.2) is 13.4 Å². The largest absolute Gasteiger partial charge is 0.475 e. The molecule has 0 amide bonds. The zero-order valence-corrected chi connectivity index (χ0v) is 10.2. The quantitative estimate of drug-likeness (QED) is 0.809. The molecule has 0 saturated carbocycles. The van der Waals surface area contributed by atoms with Crippen LogP contribution in [0.2, 0.25) is 5.02 Å². The van der Waals surface area contributed by atoms with Crippen molar-refractivity contribution in [2.75, 3.05) is 19.4 Å². The van der Waals surface area contributed by atoms with Crippen LogP contribution in [-0.2, 0) is 14.6 Å². The molecule has 86 valence electrons. The summed E-state index contributed by atoms with van der Waals surface area (Å²) in [4.78, 5) is 4.24. The second-order valence-electron chi connectivity index (χ2n) is 3.42. The summed E-state index contributed by atoms with van der Waals surface area (Å²) in [5.41, 5.74) is 0.365. The normalized spacial score (nSPS) is 15.8. The number of halogens is 1. The Kier molecular flexibility index (Phi) is 2.90. The zero-order valence-electron chi connectivity index (χ0n) is 8.60. The van der Waals surface area contributed by atoms with Gasteiger partial charge in [-0.3, -0.25) is 0 Å². The Morgan fingerprint density at radius 3 is 2.75 bits per heavy atom. The van der Waals surface area contributed by atoms with Gasteiger partial charge in [0.2, 0.25) is 5.90 Å². The van der Waals surface area contributed by atoms with Gasteiger partial charge in [0.25, 0.3) is 0 Å². The van der Waals surface area contributed by atoms with Crippen molar-refractivity contribution in [1.29, 1.82) is 0 Å². The molecule has 1 aromatic carbocycles. The van der Waals surface area contributed by atoms with Crippen molar-refractivity contribution < 1.29 is 13.2 Å². The lowest BCUT2D eigenvalue weighted by Crippen LogP contribution is -2.10. The fourth-order valence-electron chi connectivity index (χ4n) is 1.51. The van der Waals surface area contributed by atoms with E-state index in [1.807, 2.05) is 0 Å². The molecule has 4 nitrogen and oxygen atoms in total. The van der Waals surface area contributed by atoms with E-state index in [1.54, 1.807) is 12.1 Å². The van der Waals surface area contributed by atoms with E-state index in [1.165, 1.54) is 6.07 Å². The van der Waals surface area contributed by atoms with Crippen molar-refractivity contribution in [2.45, 2.75) is 4.90 Å². The minimum Gasteiger partial charge on any atom is -0.475 e. The first-order valence-electron chi connectivity index (χ1n) is 4.66. The molecule has 0 spiro atoms. The van der Waals surface area contributed by atoms with Crippen LogP contribution in [0.25, 0.3) is 0 Å². The molecule has 1 aliphatic rings. The van der Waals surface area contributed by atoms with E-state index in [2.05, 4.69) is 4.99 Å². The molecular formula is C10H10ClNO3S. The highest BCUT2D eigenvalue weighted by Crippen LogP contribution is 2.26. The first-order chi connectivity index (χ1) is 7.50. The molecular weight excluding hydrogens is 250 g/mol. The zero-order chi connectivity index (χ0) is 11.8. The molecule has 1 heterocycles. The molecule has 0 unspecified atom stereocenters. The molecule has 0 atom stereocenters. The fraction of sp³-hybridized carbons (Fsp3) is 0.300. The first kappa shape index (κ1) is 11.4. The summed E-state index contributed by atoms with van der Waals surface area (Å²) in [6, 6.07) is 4.72. The number of rotatable bonds is 2. The fourth-order valence-corrected chi connectivity index (χ4v) is 2.71. The maximum atomic E-state index is 11.6. The van der Waals surface area contributed by atoms with Gasteiger partial charge >= 0.3 is 0 Å². The summed E-state index contributed by atoms with van der Waals surface area (Å²) in [6.45, 7) is 0.994. The summed E-state index contributed by atoms with van der Waals surface area (Å²) in [5.74, 6) is 0.311. The molecule has 1 aliphatic heterocycles. The van der Waals surface area contributed by atoms with Gasteiger partial charge in [-0.1, -0.05) is 17.7 Å². The highest BCUT2D eigenvalue weighted by molar-refractivity contribution is 7.90. The number of sulfone groups is 1. The van der Waals surface area contributed by atoms with E-state index in [0.29, 0.717) is 29.6 Å². The summed E-state index contributed by atoms with van der Waals surface area (Å²) >= 11 is 5.99. The summed E-state index contributed by atoms with van der Waals surface area (Å²) in [5, 5.41) is 0.337. The minimum absolute atomic E-state index is 0.153. The van der Waals surface area contributed by atoms with E-state index in [0.717, 1.165) is 6.26 Å². The second-order valence-corrected chi connectivity index (χ2v) is 5.81. The Bertz CT molecular complexity index is 551. The third-order valence-corrected chi connectivity index (χ3v) is 3.63. The maximum absolute atomic E-state index is 11.6. The van der Waals surface area contributed by atoms with Crippen molar-refractivity contribution in [3.63, 3.8) is 0 Å². The van der Waals surface area contributed by atoms with Crippen LogP contribution >= 0.6 is 11.6 Å². The molecule has 0 radical (unpaired) electrons. The van der Waals surface area contributed by atoms with E-state index < -0.39 is 9.84 Å². The van der Waals surface area contributed by atoms with E-state index in [4.69, 9.17) is 16.3 Å². The highest BCUT2D eigenvalue weighted by atomic mass is 35.5. The molecule has 0 N–H and O–H groups in total. The van der Waals surface area contributed by atoms with Gasteiger partial charge in [0, 0.05) is 6.26 Å². The lowest BCUT2D eigenvalue weighted by Gasteiger charge is -2.09. The van der Waals surface area contributed by atoms with Gasteiger partial charge in [-0.15, -0.1) is 0 Å². The minimum atomic E-state index is -3.34. The lowest BCUT2D eigenvalue weighted by molar-refractivity contribution is 0.347.